The Bertz CT molecular complexity index is 1220. The summed E-state index contributed by atoms with van der Waals surface area (Å²) in [6, 6.07) is 23.3. The summed E-state index contributed by atoms with van der Waals surface area (Å²) in [4.78, 5) is 39.5. The second-order valence-corrected chi connectivity index (χ2v) is 10.4. The van der Waals surface area contributed by atoms with Crippen molar-refractivity contribution in [2.24, 2.45) is 0 Å². The van der Waals surface area contributed by atoms with Crippen LogP contribution in [-0.4, -0.2) is 39.5 Å². The van der Waals surface area contributed by atoms with Crippen LogP contribution < -0.4 is 5.32 Å². The lowest BCUT2D eigenvalue weighted by Crippen LogP contribution is -2.52. The highest BCUT2D eigenvalue weighted by atomic mass is 32.2. The van der Waals surface area contributed by atoms with Crippen molar-refractivity contribution < 1.29 is 14.5 Å². The highest BCUT2D eigenvalue weighted by molar-refractivity contribution is 7.99. The van der Waals surface area contributed by atoms with Crippen molar-refractivity contribution >= 4 is 29.3 Å². The third-order valence-corrected chi connectivity index (χ3v) is 7.50. The van der Waals surface area contributed by atoms with Gasteiger partial charge < -0.3 is 10.2 Å². The third kappa shape index (κ3) is 8.45. The van der Waals surface area contributed by atoms with Gasteiger partial charge in [-0.3, -0.25) is 19.7 Å². The first-order valence-electron chi connectivity index (χ1n) is 12.8. The van der Waals surface area contributed by atoms with Crippen molar-refractivity contribution in [3.63, 3.8) is 0 Å². The molecule has 0 aromatic heterocycles. The van der Waals surface area contributed by atoms with Crippen LogP contribution >= 0.6 is 11.8 Å². The monoisotopic (exact) mass is 533 g/mol. The van der Waals surface area contributed by atoms with Gasteiger partial charge in [0, 0.05) is 36.9 Å². The van der Waals surface area contributed by atoms with Crippen molar-refractivity contribution in [2.45, 2.75) is 58.0 Å². The van der Waals surface area contributed by atoms with Gasteiger partial charge in [-0.25, -0.2) is 0 Å². The molecule has 0 aliphatic rings. The van der Waals surface area contributed by atoms with E-state index in [-0.39, 0.29) is 29.3 Å². The maximum Gasteiger partial charge on any atom is 0.269 e. The summed E-state index contributed by atoms with van der Waals surface area (Å²) >= 11 is 1.43. The summed E-state index contributed by atoms with van der Waals surface area (Å²) in [7, 11) is 0. The molecule has 8 heteroatoms. The number of carbonyl (C=O) groups is 2. The molecule has 0 fully saturated rings. The van der Waals surface area contributed by atoms with Gasteiger partial charge in [0.1, 0.15) is 6.04 Å². The molecule has 3 rings (SSSR count). The van der Waals surface area contributed by atoms with E-state index in [0.29, 0.717) is 18.7 Å². The van der Waals surface area contributed by atoms with E-state index in [0.717, 1.165) is 28.7 Å². The molecule has 0 radical (unpaired) electrons. The average molecular weight is 534 g/mol. The van der Waals surface area contributed by atoms with Crippen molar-refractivity contribution in [3.8, 4) is 0 Å². The number of nitrogens with zero attached hydrogens (tertiary/aromatic N) is 2. The van der Waals surface area contributed by atoms with Gasteiger partial charge in [-0.05, 0) is 42.5 Å². The van der Waals surface area contributed by atoms with Crippen LogP contribution in [0.25, 0.3) is 0 Å². The molecular formula is C30H35N3O4S. The number of carbonyl (C=O) groups excluding carboxylic acids is 2. The third-order valence-electron chi connectivity index (χ3n) is 6.52. The summed E-state index contributed by atoms with van der Waals surface area (Å²) in [5.41, 5.74) is 3.97. The second kappa shape index (κ2) is 14.3. The fourth-order valence-corrected chi connectivity index (χ4v) is 4.89. The first kappa shape index (κ1) is 28.9. The Labute approximate surface area is 228 Å². The number of nitro benzene ring substituents is 1. The maximum atomic E-state index is 13.7. The molecule has 200 valence electrons. The summed E-state index contributed by atoms with van der Waals surface area (Å²) in [5.74, 6) is 0.431. The lowest BCUT2D eigenvalue weighted by atomic mass is 10.0. The van der Waals surface area contributed by atoms with Gasteiger partial charge >= 0.3 is 0 Å². The van der Waals surface area contributed by atoms with Gasteiger partial charge in [0.05, 0.1) is 10.7 Å². The van der Waals surface area contributed by atoms with Crippen LogP contribution in [-0.2, 0) is 28.3 Å². The first-order chi connectivity index (χ1) is 18.3. The van der Waals surface area contributed by atoms with Gasteiger partial charge in [0.25, 0.3) is 5.69 Å². The molecule has 0 saturated carbocycles. The van der Waals surface area contributed by atoms with E-state index in [9.17, 15) is 19.7 Å². The Kier molecular flexibility index (Phi) is 10.9. The Hall–Kier alpha value is -3.65. The summed E-state index contributed by atoms with van der Waals surface area (Å²) in [6.07, 6.45) is 1.20. The molecule has 38 heavy (non-hydrogen) atoms. The van der Waals surface area contributed by atoms with E-state index in [1.54, 1.807) is 17.0 Å². The maximum absolute atomic E-state index is 13.7. The zero-order valence-corrected chi connectivity index (χ0v) is 22.9. The van der Waals surface area contributed by atoms with Crippen molar-refractivity contribution in [1.82, 2.24) is 10.2 Å². The molecular weight excluding hydrogens is 498 g/mol. The number of rotatable bonds is 13. The Morgan fingerprint density at radius 3 is 2.26 bits per heavy atom. The highest BCUT2D eigenvalue weighted by Gasteiger charge is 2.31. The number of hydrogen-bond donors (Lipinski definition) is 1. The lowest BCUT2D eigenvalue weighted by Gasteiger charge is -2.32. The smallest absolute Gasteiger partial charge is 0.269 e. The minimum atomic E-state index is -0.668. The molecule has 7 nitrogen and oxygen atoms in total. The highest BCUT2D eigenvalue weighted by Crippen LogP contribution is 2.21. The van der Waals surface area contributed by atoms with Crippen LogP contribution in [0.2, 0.25) is 0 Å². The average Bonchev–Trinajstić information content (AvgIpc) is 2.92. The zero-order valence-electron chi connectivity index (χ0n) is 22.1. The van der Waals surface area contributed by atoms with E-state index in [1.165, 1.54) is 23.9 Å². The molecule has 0 aliphatic heterocycles. The molecule has 0 heterocycles. The van der Waals surface area contributed by atoms with Gasteiger partial charge in [-0.2, -0.15) is 0 Å². The molecule has 0 spiro atoms. The number of amides is 2. The van der Waals surface area contributed by atoms with Crippen molar-refractivity contribution in [3.05, 3.63) is 111 Å². The van der Waals surface area contributed by atoms with Gasteiger partial charge in [-0.1, -0.05) is 73.7 Å². The fourth-order valence-electron chi connectivity index (χ4n) is 4.02. The minimum Gasteiger partial charge on any atom is -0.352 e. The van der Waals surface area contributed by atoms with E-state index >= 15 is 0 Å². The summed E-state index contributed by atoms with van der Waals surface area (Å²) < 4.78 is 0. The van der Waals surface area contributed by atoms with E-state index in [2.05, 4.69) is 5.32 Å². The van der Waals surface area contributed by atoms with Crippen LogP contribution in [0, 0.1) is 17.0 Å². The number of non-ortho nitro benzene ring substituents is 1. The molecule has 1 N–H and O–H groups in total. The van der Waals surface area contributed by atoms with Gasteiger partial charge in [0.2, 0.25) is 11.8 Å². The number of nitrogens with one attached hydrogen (secondary N) is 1. The molecule has 3 aromatic rings. The number of nitro groups is 1. The molecule has 0 aliphatic carbocycles. The lowest BCUT2D eigenvalue weighted by molar-refractivity contribution is -0.384. The molecule has 2 atom stereocenters. The van der Waals surface area contributed by atoms with Crippen LogP contribution in [0.15, 0.2) is 78.9 Å². The van der Waals surface area contributed by atoms with E-state index < -0.39 is 11.0 Å². The van der Waals surface area contributed by atoms with Crippen LogP contribution in [0.5, 0.6) is 0 Å². The van der Waals surface area contributed by atoms with Crippen molar-refractivity contribution in [1.29, 1.82) is 0 Å². The standard InChI is InChI=1S/C30H35N3O4S/c1-4-23(3)31-30(35)28(18-24-11-6-5-7-12-24)32(19-26-13-9-8-10-22(26)2)29(34)21-38-20-25-14-16-27(17-15-25)33(36)37/h5-17,23,28H,4,18-21H2,1-3H3,(H,31,35)/t23-,28-/m0/s1. The van der Waals surface area contributed by atoms with Crippen LogP contribution in [0.1, 0.15) is 42.5 Å². The fraction of sp³-hybridized carbons (Fsp3) is 0.333. The number of aryl methyl sites for hydroxylation is 1. The van der Waals surface area contributed by atoms with Gasteiger partial charge in [0.15, 0.2) is 0 Å². The topological polar surface area (TPSA) is 92.6 Å². The largest absolute Gasteiger partial charge is 0.352 e. The quantitative estimate of drug-likeness (QED) is 0.225. The van der Waals surface area contributed by atoms with E-state index in [4.69, 9.17) is 0 Å². The molecule has 2 amide bonds. The zero-order chi connectivity index (χ0) is 27.5. The molecule has 0 unspecified atom stereocenters. The first-order valence-corrected chi connectivity index (χ1v) is 13.9. The number of benzene rings is 3. The Morgan fingerprint density at radius 2 is 1.63 bits per heavy atom. The molecule has 0 bridgehead atoms. The van der Waals surface area contributed by atoms with Crippen LogP contribution in [0.3, 0.4) is 0 Å². The Balaban J connectivity index is 1.84. The second-order valence-electron chi connectivity index (χ2n) is 9.39. The molecule has 3 aromatic carbocycles. The minimum absolute atomic E-state index is 0.00676. The van der Waals surface area contributed by atoms with Crippen molar-refractivity contribution in [2.75, 3.05) is 5.75 Å². The van der Waals surface area contributed by atoms with Gasteiger partial charge in [-0.15, -0.1) is 11.8 Å². The summed E-state index contributed by atoms with van der Waals surface area (Å²) in [5, 5.41) is 14.0. The number of hydrogen-bond acceptors (Lipinski definition) is 5. The molecule has 0 saturated heterocycles. The predicted molar refractivity (Wildman–Crippen MR) is 153 cm³/mol. The summed E-state index contributed by atoms with van der Waals surface area (Å²) in [6.45, 7) is 6.31. The van der Waals surface area contributed by atoms with Crippen LogP contribution in [0.4, 0.5) is 5.69 Å². The predicted octanol–water partition coefficient (Wildman–Crippen LogP) is 5.69. The SMILES string of the molecule is CC[C@H](C)NC(=O)[C@H](Cc1ccccc1)N(Cc1ccccc1C)C(=O)CSCc1ccc([N+](=O)[O-])cc1. The number of thioether (sulfide) groups is 1. The Morgan fingerprint density at radius 1 is 0.974 bits per heavy atom. The van der Waals surface area contributed by atoms with E-state index in [1.807, 2.05) is 75.4 Å². The normalized spacial score (nSPS) is 12.4.